The van der Waals surface area contributed by atoms with Crippen molar-refractivity contribution in [3.05, 3.63) is 54.1 Å². The van der Waals surface area contributed by atoms with Crippen LogP contribution in [0.25, 0.3) is 0 Å². The van der Waals surface area contributed by atoms with Crippen LogP contribution in [0.3, 0.4) is 0 Å². The van der Waals surface area contributed by atoms with Gasteiger partial charge in [0.1, 0.15) is 11.7 Å². The molecule has 0 saturated heterocycles. The van der Waals surface area contributed by atoms with E-state index < -0.39 is 12.0 Å². The summed E-state index contributed by atoms with van der Waals surface area (Å²) in [6.07, 6.45) is 5.01. The van der Waals surface area contributed by atoms with Crippen LogP contribution in [-0.2, 0) is 17.9 Å². The summed E-state index contributed by atoms with van der Waals surface area (Å²) >= 11 is 0. The summed E-state index contributed by atoms with van der Waals surface area (Å²) in [5.41, 5.74) is 1.33. The van der Waals surface area contributed by atoms with E-state index in [1.54, 1.807) is 41.4 Å². The number of aromatic nitrogens is 2. The summed E-state index contributed by atoms with van der Waals surface area (Å²) in [6.45, 7) is 0.512. The molecule has 3 heterocycles. The molecule has 0 saturated carbocycles. The highest BCUT2D eigenvalue weighted by Gasteiger charge is 2.36. The quantitative estimate of drug-likeness (QED) is 0.903. The molecule has 0 fully saturated rings. The summed E-state index contributed by atoms with van der Waals surface area (Å²) in [7, 11) is 0. The molecule has 20 heavy (non-hydrogen) atoms. The van der Waals surface area contributed by atoms with Crippen LogP contribution in [0.2, 0.25) is 0 Å². The normalized spacial score (nSPS) is 17.9. The molecule has 0 radical (unpaired) electrons. The van der Waals surface area contributed by atoms with Crippen LogP contribution >= 0.6 is 0 Å². The first-order valence-corrected chi connectivity index (χ1v) is 6.24. The topological polar surface area (TPSA) is 75.4 Å². The van der Waals surface area contributed by atoms with E-state index in [1.165, 1.54) is 4.90 Å². The molecule has 2 aromatic rings. The maximum absolute atomic E-state index is 12.4. The van der Waals surface area contributed by atoms with Gasteiger partial charge in [-0.2, -0.15) is 0 Å². The Morgan fingerprint density at radius 2 is 2.25 bits per heavy atom. The lowest BCUT2D eigenvalue weighted by Gasteiger charge is -2.34. The molecular formula is C14H13N3O3. The van der Waals surface area contributed by atoms with E-state index in [0.717, 1.165) is 5.56 Å². The molecule has 1 aliphatic rings. The van der Waals surface area contributed by atoms with Crippen LogP contribution in [0.1, 0.15) is 16.1 Å². The number of hydrogen-bond acceptors (Lipinski definition) is 3. The number of carbonyl (C=O) groups excluding carboxylic acids is 1. The van der Waals surface area contributed by atoms with Crippen molar-refractivity contribution in [1.82, 2.24) is 14.5 Å². The van der Waals surface area contributed by atoms with Crippen molar-refractivity contribution < 1.29 is 14.7 Å². The summed E-state index contributed by atoms with van der Waals surface area (Å²) in [4.78, 5) is 29.2. The average Bonchev–Trinajstić information content (AvgIpc) is 2.91. The monoisotopic (exact) mass is 271 g/mol. The van der Waals surface area contributed by atoms with Crippen molar-refractivity contribution in [1.29, 1.82) is 0 Å². The van der Waals surface area contributed by atoms with Crippen molar-refractivity contribution in [2.24, 2.45) is 0 Å². The number of carbonyl (C=O) groups is 2. The Bertz CT molecular complexity index is 651. The van der Waals surface area contributed by atoms with Crippen LogP contribution in [-0.4, -0.2) is 37.5 Å². The first-order valence-electron chi connectivity index (χ1n) is 6.24. The summed E-state index contributed by atoms with van der Waals surface area (Å²) < 4.78 is 1.68. The van der Waals surface area contributed by atoms with Crippen molar-refractivity contribution in [2.75, 3.05) is 0 Å². The number of carboxylic acid groups (broad SMARTS) is 1. The van der Waals surface area contributed by atoms with Gasteiger partial charge in [0.05, 0.1) is 6.54 Å². The lowest BCUT2D eigenvalue weighted by atomic mass is 10.1. The van der Waals surface area contributed by atoms with E-state index in [4.69, 9.17) is 0 Å². The first kappa shape index (κ1) is 12.4. The van der Waals surface area contributed by atoms with E-state index in [2.05, 4.69) is 4.98 Å². The van der Waals surface area contributed by atoms with Crippen molar-refractivity contribution in [2.45, 2.75) is 19.1 Å². The van der Waals surface area contributed by atoms with Gasteiger partial charge in [-0.05, 0) is 23.8 Å². The predicted molar refractivity (Wildman–Crippen MR) is 70.0 cm³/mol. The number of nitrogens with zero attached hydrogens (tertiary/aromatic N) is 3. The Morgan fingerprint density at radius 1 is 1.40 bits per heavy atom. The molecule has 0 aliphatic carbocycles. The Labute approximate surface area is 115 Å². The third kappa shape index (κ3) is 2.05. The third-order valence-corrected chi connectivity index (χ3v) is 3.42. The number of hydrogen-bond donors (Lipinski definition) is 1. The van der Waals surface area contributed by atoms with Crippen molar-refractivity contribution in [3.63, 3.8) is 0 Å². The van der Waals surface area contributed by atoms with Crippen molar-refractivity contribution in [3.8, 4) is 0 Å². The lowest BCUT2D eigenvalue weighted by molar-refractivity contribution is -0.143. The molecule has 1 amide bonds. The zero-order chi connectivity index (χ0) is 14.1. The zero-order valence-corrected chi connectivity index (χ0v) is 10.6. The highest BCUT2D eigenvalue weighted by molar-refractivity contribution is 5.96. The van der Waals surface area contributed by atoms with Gasteiger partial charge in [-0.3, -0.25) is 9.78 Å². The van der Waals surface area contributed by atoms with E-state index in [9.17, 15) is 14.7 Å². The fourth-order valence-electron chi connectivity index (χ4n) is 2.42. The third-order valence-electron chi connectivity index (χ3n) is 3.42. The Morgan fingerprint density at radius 3 is 2.95 bits per heavy atom. The van der Waals surface area contributed by atoms with Gasteiger partial charge in [0.15, 0.2) is 0 Å². The number of fused-ring (bicyclic) bond motifs is 1. The van der Waals surface area contributed by atoms with Gasteiger partial charge in [-0.1, -0.05) is 6.07 Å². The van der Waals surface area contributed by atoms with Gasteiger partial charge in [0.25, 0.3) is 5.91 Å². The summed E-state index contributed by atoms with van der Waals surface area (Å²) in [6, 6.07) is 6.19. The van der Waals surface area contributed by atoms with Crippen LogP contribution in [0.5, 0.6) is 0 Å². The van der Waals surface area contributed by atoms with E-state index >= 15 is 0 Å². The molecule has 0 spiro atoms. The molecule has 0 aromatic carbocycles. The number of pyridine rings is 1. The molecule has 6 nitrogen and oxygen atoms in total. The maximum Gasteiger partial charge on any atom is 0.328 e. The van der Waals surface area contributed by atoms with Gasteiger partial charge in [0, 0.05) is 25.1 Å². The lowest BCUT2D eigenvalue weighted by Crippen LogP contribution is -2.51. The van der Waals surface area contributed by atoms with E-state index in [0.29, 0.717) is 5.69 Å². The fourth-order valence-corrected chi connectivity index (χ4v) is 2.42. The number of aliphatic carboxylic acids is 1. The summed E-state index contributed by atoms with van der Waals surface area (Å²) in [5.74, 6) is -1.26. The van der Waals surface area contributed by atoms with Gasteiger partial charge in [-0.25, -0.2) is 4.79 Å². The molecule has 1 aliphatic heterocycles. The molecule has 1 unspecified atom stereocenters. The van der Waals surface area contributed by atoms with E-state index in [1.807, 2.05) is 6.07 Å². The Balaban J connectivity index is 1.94. The molecule has 2 aromatic heterocycles. The number of carboxylic acids is 1. The van der Waals surface area contributed by atoms with Gasteiger partial charge < -0.3 is 14.6 Å². The SMILES string of the molecule is O=C(O)C1Cn2cccc2C(=O)N1Cc1cccnc1. The minimum atomic E-state index is -0.999. The van der Waals surface area contributed by atoms with Crippen LogP contribution in [0, 0.1) is 0 Å². The van der Waals surface area contributed by atoms with Gasteiger partial charge in [0.2, 0.25) is 0 Å². The predicted octanol–water partition coefficient (Wildman–Crippen LogP) is 0.992. The number of rotatable bonds is 3. The minimum absolute atomic E-state index is 0.245. The highest BCUT2D eigenvalue weighted by atomic mass is 16.4. The molecule has 102 valence electrons. The van der Waals surface area contributed by atoms with Gasteiger partial charge >= 0.3 is 5.97 Å². The molecule has 6 heteroatoms. The second kappa shape index (κ2) is 4.80. The second-order valence-electron chi connectivity index (χ2n) is 4.69. The van der Waals surface area contributed by atoms with Gasteiger partial charge in [-0.15, -0.1) is 0 Å². The fraction of sp³-hybridized carbons (Fsp3) is 0.214. The highest BCUT2D eigenvalue weighted by Crippen LogP contribution is 2.20. The Kier molecular flexibility index (Phi) is 2.98. The van der Waals surface area contributed by atoms with E-state index in [-0.39, 0.29) is 19.0 Å². The van der Waals surface area contributed by atoms with Crippen molar-refractivity contribution >= 4 is 11.9 Å². The minimum Gasteiger partial charge on any atom is -0.480 e. The molecule has 0 bridgehead atoms. The standard InChI is InChI=1S/C14H13N3O3/c18-13-11-4-2-6-16(11)9-12(14(19)20)17(13)8-10-3-1-5-15-7-10/h1-7,12H,8-9H2,(H,19,20). The van der Waals surface area contributed by atoms with Crippen LogP contribution in [0.15, 0.2) is 42.9 Å². The van der Waals surface area contributed by atoms with Crippen LogP contribution < -0.4 is 0 Å². The first-order chi connectivity index (χ1) is 9.66. The largest absolute Gasteiger partial charge is 0.480 e. The maximum atomic E-state index is 12.4. The molecule has 1 atom stereocenters. The molecule has 3 rings (SSSR count). The smallest absolute Gasteiger partial charge is 0.328 e. The summed E-state index contributed by atoms with van der Waals surface area (Å²) in [5, 5.41) is 9.34. The molecule has 1 N–H and O–H groups in total. The van der Waals surface area contributed by atoms with Crippen LogP contribution in [0.4, 0.5) is 0 Å². The Hall–Kier alpha value is -2.63. The second-order valence-corrected chi connectivity index (χ2v) is 4.69. The average molecular weight is 271 g/mol. The molecular weight excluding hydrogens is 258 g/mol. The zero-order valence-electron chi connectivity index (χ0n) is 10.6. The number of amides is 1.